The van der Waals surface area contributed by atoms with Crippen molar-refractivity contribution in [2.75, 3.05) is 19.6 Å². The van der Waals surface area contributed by atoms with Gasteiger partial charge in [0.2, 0.25) is 5.91 Å². The summed E-state index contributed by atoms with van der Waals surface area (Å²) in [6.45, 7) is 4.34. The second kappa shape index (κ2) is 24.2. The van der Waals surface area contributed by atoms with Crippen LogP contribution in [0.15, 0.2) is 12.2 Å². The fourth-order valence-electron chi connectivity index (χ4n) is 3.41. The third kappa shape index (κ3) is 22.6. The number of nitrogens with one attached hydrogen (secondary N) is 1. The van der Waals surface area contributed by atoms with E-state index in [1.165, 1.54) is 62.7 Å². The summed E-state index contributed by atoms with van der Waals surface area (Å²) in [5.41, 5.74) is 0. The Bertz CT molecular complexity index is 459. The summed E-state index contributed by atoms with van der Waals surface area (Å²) >= 11 is 0. The van der Waals surface area contributed by atoms with Gasteiger partial charge in [0.05, 0.1) is 6.54 Å². The molecule has 0 aromatic carbocycles. The van der Waals surface area contributed by atoms with Crippen LogP contribution in [0.1, 0.15) is 104 Å². The second-order valence-electron chi connectivity index (χ2n) is 8.12. The summed E-state index contributed by atoms with van der Waals surface area (Å²) in [6.07, 6.45) is 20.1. The fourth-order valence-corrected chi connectivity index (χ4v) is 3.41. The predicted octanol–water partition coefficient (Wildman–Crippen LogP) is 4.22. The van der Waals surface area contributed by atoms with Gasteiger partial charge in [-0.05, 0) is 39.0 Å². The van der Waals surface area contributed by atoms with E-state index in [9.17, 15) is 14.7 Å². The molecule has 7 heteroatoms. The summed E-state index contributed by atoms with van der Waals surface area (Å²) in [5.74, 6) is -1.00. The van der Waals surface area contributed by atoms with Crippen LogP contribution in [0, 0.1) is 0 Å². The van der Waals surface area contributed by atoms with Crippen LogP contribution in [0.2, 0.25) is 0 Å². The molecule has 1 unspecified atom stereocenters. The molecule has 1 atom stereocenters. The van der Waals surface area contributed by atoms with E-state index < -0.39 is 12.2 Å². The summed E-state index contributed by atoms with van der Waals surface area (Å²) < 4.78 is 0. The number of allylic oxidation sites excluding steroid dienone is 2. The van der Waals surface area contributed by atoms with Gasteiger partial charge in [-0.2, -0.15) is 0 Å². The molecule has 6 nitrogen and oxygen atoms in total. The van der Waals surface area contributed by atoms with Crippen LogP contribution in [0.3, 0.4) is 0 Å². The van der Waals surface area contributed by atoms with E-state index >= 15 is 0 Å². The number of carboxylic acid groups (broad SMARTS) is 1. The van der Waals surface area contributed by atoms with E-state index in [4.69, 9.17) is 5.11 Å². The molecular weight excluding hydrogens is 403 g/mol. The molecule has 0 radical (unpaired) electrons. The quantitative estimate of drug-likeness (QED) is 0.105. The topological polar surface area (TPSA) is 89.9 Å². The van der Waals surface area contributed by atoms with Gasteiger partial charge < -0.3 is 20.4 Å². The molecule has 0 fully saturated rings. The Labute approximate surface area is 212 Å². The van der Waals surface area contributed by atoms with Gasteiger partial charge in [0.1, 0.15) is 6.23 Å². The van der Waals surface area contributed by atoms with Gasteiger partial charge in [0.25, 0.3) is 0 Å². The number of nitrogens with zero attached hydrogens (tertiary/aromatic N) is 1. The second-order valence-corrected chi connectivity index (χ2v) is 8.12. The predicted molar refractivity (Wildman–Crippen MR) is 131 cm³/mol. The first kappa shape index (κ1) is 32.8. The summed E-state index contributed by atoms with van der Waals surface area (Å²) in [5, 5.41) is 21.1. The van der Waals surface area contributed by atoms with Crippen LogP contribution in [0.5, 0.6) is 0 Å². The van der Waals surface area contributed by atoms with Crippen molar-refractivity contribution in [1.82, 2.24) is 10.2 Å². The number of unbranched alkanes of at least 4 members (excludes halogenated alkanes) is 11. The molecule has 0 aliphatic rings. The molecule has 0 heterocycles. The SMILES string of the molecule is CCCCCCCC/C=C\CCCCCCCC(=O)N(CCNCC(=O)O)C(C)O.[NaH]. The number of hydrogen-bond donors (Lipinski definition) is 3. The van der Waals surface area contributed by atoms with Crippen molar-refractivity contribution in [3.63, 3.8) is 0 Å². The molecule has 31 heavy (non-hydrogen) atoms. The zero-order chi connectivity index (χ0) is 22.5. The van der Waals surface area contributed by atoms with Crippen LogP contribution in [-0.4, -0.2) is 82.4 Å². The number of aliphatic carboxylic acids is 1. The first-order valence-corrected chi connectivity index (χ1v) is 12.0. The molecule has 0 bridgehead atoms. The molecule has 0 aromatic rings. The van der Waals surface area contributed by atoms with E-state index in [0.717, 1.165) is 25.7 Å². The molecular formula is C24H47N2NaO4. The minimum atomic E-state index is -0.932. The molecule has 0 saturated heterocycles. The Balaban J connectivity index is 0. The monoisotopic (exact) mass is 450 g/mol. The van der Waals surface area contributed by atoms with Crippen molar-refractivity contribution in [3.8, 4) is 0 Å². The van der Waals surface area contributed by atoms with E-state index in [-0.39, 0.29) is 42.0 Å². The number of rotatable bonds is 21. The molecule has 0 spiro atoms. The van der Waals surface area contributed by atoms with E-state index in [0.29, 0.717) is 19.5 Å². The van der Waals surface area contributed by atoms with Gasteiger partial charge in [-0.25, -0.2) is 0 Å². The number of carbonyl (C=O) groups excluding carboxylic acids is 1. The Kier molecular flexibility index (Phi) is 25.6. The Hall–Kier alpha value is -0.400. The van der Waals surface area contributed by atoms with Crippen LogP contribution >= 0.6 is 0 Å². The third-order valence-electron chi connectivity index (χ3n) is 5.23. The van der Waals surface area contributed by atoms with Gasteiger partial charge >= 0.3 is 35.5 Å². The molecule has 1 amide bonds. The standard InChI is InChI=1S/C24H46N2O4.Na.H/c1-3-4-5-6-7-8-9-10-11-12-13-14-15-16-17-18-23(28)26(22(2)27)20-19-25-21-24(29)30;;/h10-11,22,25,27H,3-9,12-21H2,1-2H3,(H,29,30);;/b11-10-;;. The maximum atomic E-state index is 12.3. The van der Waals surface area contributed by atoms with Gasteiger partial charge in [-0.15, -0.1) is 0 Å². The minimum absolute atomic E-state index is 0. The number of aliphatic hydroxyl groups excluding tert-OH is 1. The summed E-state index contributed by atoms with van der Waals surface area (Å²) in [4.78, 5) is 24.1. The van der Waals surface area contributed by atoms with Crippen molar-refractivity contribution < 1.29 is 19.8 Å². The van der Waals surface area contributed by atoms with Crippen LogP contribution < -0.4 is 5.32 Å². The normalized spacial score (nSPS) is 12.0. The van der Waals surface area contributed by atoms with E-state index in [1.807, 2.05) is 0 Å². The molecule has 0 aromatic heterocycles. The number of aliphatic hydroxyl groups is 1. The average molecular weight is 451 g/mol. The van der Waals surface area contributed by atoms with Crippen molar-refractivity contribution in [2.45, 2.75) is 110 Å². The molecule has 0 aliphatic heterocycles. The molecule has 0 saturated carbocycles. The van der Waals surface area contributed by atoms with Crippen LogP contribution in [0.25, 0.3) is 0 Å². The number of carboxylic acids is 1. The Morgan fingerprint density at radius 2 is 1.42 bits per heavy atom. The van der Waals surface area contributed by atoms with Crippen LogP contribution in [0.4, 0.5) is 0 Å². The molecule has 0 aliphatic carbocycles. The van der Waals surface area contributed by atoms with Gasteiger partial charge in [-0.3, -0.25) is 9.59 Å². The first-order chi connectivity index (χ1) is 14.5. The number of carbonyl (C=O) groups is 2. The maximum absolute atomic E-state index is 12.3. The Morgan fingerprint density at radius 3 is 1.94 bits per heavy atom. The van der Waals surface area contributed by atoms with Gasteiger partial charge in [-0.1, -0.05) is 70.4 Å². The average Bonchev–Trinajstić information content (AvgIpc) is 2.70. The summed E-state index contributed by atoms with van der Waals surface area (Å²) in [6, 6.07) is 0. The van der Waals surface area contributed by atoms with Crippen molar-refractivity contribution >= 4 is 41.4 Å². The third-order valence-corrected chi connectivity index (χ3v) is 5.23. The Morgan fingerprint density at radius 1 is 0.903 bits per heavy atom. The fraction of sp³-hybridized carbons (Fsp3) is 0.833. The molecule has 3 N–H and O–H groups in total. The van der Waals surface area contributed by atoms with Crippen molar-refractivity contribution in [2.24, 2.45) is 0 Å². The zero-order valence-electron chi connectivity index (χ0n) is 19.4. The van der Waals surface area contributed by atoms with Gasteiger partial charge in [0.15, 0.2) is 0 Å². The first-order valence-electron chi connectivity index (χ1n) is 12.0. The van der Waals surface area contributed by atoms with Crippen LogP contribution in [-0.2, 0) is 9.59 Å². The number of hydrogen-bond acceptors (Lipinski definition) is 4. The zero-order valence-corrected chi connectivity index (χ0v) is 19.4. The molecule has 178 valence electrons. The van der Waals surface area contributed by atoms with Crippen molar-refractivity contribution in [3.05, 3.63) is 12.2 Å². The number of amides is 1. The molecule has 0 rings (SSSR count). The van der Waals surface area contributed by atoms with Gasteiger partial charge in [0, 0.05) is 19.5 Å². The van der Waals surface area contributed by atoms with E-state index in [1.54, 1.807) is 6.92 Å². The van der Waals surface area contributed by atoms with E-state index in [2.05, 4.69) is 24.4 Å². The van der Waals surface area contributed by atoms with Crippen molar-refractivity contribution in [1.29, 1.82) is 0 Å². The summed E-state index contributed by atoms with van der Waals surface area (Å²) in [7, 11) is 0.